The lowest BCUT2D eigenvalue weighted by atomic mass is 10.1. The lowest BCUT2D eigenvalue weighted by Gasteiger charge is -2.12. The van der Waals surface area contributed by atoms with Gasteiger partial charge in [-0.25, -0.2) is 9.78 Å². The Kier molecular flexibility index (Phi) is 5.37. The van der Waals surface area contributed by atoms with Crippen molar-refractivity contribution >= 4 is 28.1 Å². The van der Waals surface area contributed by atoms with Gasteiger partial charge in [0, 0.05) is 12.6 Å². The molecule has 0 saturated carbocycles. The molecule has 5 heteroatoms. The van der Waals surface area contributed by atoms with Gasteiger partial charge in [-0.15, -0.1) is 0 Å². The average Bonchev–Trinajstić information content (AvgIpc) is 3.20. The molecule has 156 valence electrons. The molecule has 0 bridgehead atoms. The molecule has 0 atom stereocenters. The number of benzene rings is 2. The Labute approximate surface area is 177 Å². The second kappa shape index (κ2) is 7.98. The molecular formula is C25H30N4O. The number of rotatable bonds is 7. The fraction of sp³-hybridized carbons (Fsp3) is 0.360. The van der Waals surface area contributed by atoms with Gasteiger partial charge < -0.3 is 4.57 Å². The molecule has 0 aliphatic rings. The maximum absolute atomic E-state index is 13.3. The molecule has 0 unspecified atom stereocenters. The van der Waals surface area contributed by atoms with Gasteiger partial charge in [0.05, 0.1) is 28.6 Å². The summed E-state index contributed by atoms with van der Waals surface area (Å²) in [6, 6.07) is 14.4. The van der Waals surface area contributed by atoms with Crippen molar-refractivity contribution in [3.8, 4) is 0 Å². The molecule has 5 nitrogen and oxygen atoms in total. The van der Waals surface area contributed by atoms with Crippen LogP contribution in [-0.2, 0) is 13.1 Å². The monoisotopic (exact) mass is 402 g/mol. The summed E-state index contributed by atoms with van der Waals surface area (Å²) >= 11 is 0. The zero-order valence-corrected chi connectivity index (χ0v) is 18.3. The van der Waals surface area contributed by atoms with Crippen LogP contribution in [0.3, 0.4) is 0 Å². The second-order valence-corrected chi connectivity index (χ2v) is 8.64. The van der Waals surface area contributed by atoms with E-state index in [2.05, 4.69) is 43.2 Å². The molecule has 0 radical (unpaired) electrons. The minimum Gasteiger partial charge on any atom is -0.326 e. The quantitative estimate of drug-likeness (QED) is 0.411. The normalized spacial score (nSPS) is 11.9. The Morgan fingerprint density at radius 1 is 1.00 bits per heavy atom. The summed E-state index contributed by atoms with van der Waals surface area (Å²) in [5.41, 5.74) is 5.04. The third kappa shape index (κ3) is 3.49. The first-order chi connectivity index (χ1) is 14.4. The lowest BCUT2D eigenvalue weighted by molar-refractivity contribution is 0.504. The summed E-state index contributed by atoms with van der Waals surface area (Å²) in [5, 5.41) is 0. The van der Waals surface area contributed by atoms with Gasteiger partial charge in [0.1, 0.15) is 5.82 Å². The number of hydrogen-bond donors (Lipinski definition) is 0. The predicted molar refractivity (Wildman–Crippen MR) is 125 cm³/mol. The topological polar surface area (TPSA) is 44.8 Å². The van der Waals surface area contributed by atoms with E-state index >= 15 is 0 Å². The van der Waals surface area contributed by atoms with Gasteiger partial charge >= 0.3 is 5.69 Å². The Morgan fingerprint density at radius 3 is 2.40 bits per heavy atom. The molecule has 0 amide bonds. The largest absolute Gasteiger partial charge is 0.329 e. The number of fused-ring (bicyclic) bond motifs is 2. The van der Waals surface area contributed by atoms with E-state index in [1.54, 1.807) is 0 Å². The van der Waals surface area contributed by atoms with Crippen molar-refractivity contribution in [3.05, 3.63) is 70.9 Å². The van der Waals surface area contributed by atoms with Crippen LogP contribution in [0.5, 0.6) is 0 Å². The Bertz CT molecular complexity index is 1270. The number of nitrogens with zero attached hydrogens (tertiary/aromatic N) is 4. The van der Waals surface area contributed by atoms with Gasteiger partial charge in [-0.3, -0.25) is 9.13 Å². The summed E-state index contributed by atoms with van der Waals surface area (Å²) in [5.74, 6) is 1.51. The highest BCUT2D eigenvalue weighted by Crippen LogP contribution is 2.23. The van der Waals surface area contributed by atoms with Crippen molar-refractivity contribution in [1.82, 2.24) is 18.7 Å². The van der Waals surface area contributed by atoms with E-state index in [-0.39, 0.29) is 11.7 Å². The highest BCUT2D eigenvalue weighted by Gasteiger charge is 2.18. The van der Waals surface area contributed by atoms with E-state index in [0.717, 1.165) is 46.4 Å². The molecule has 2 aromatic heterocycles. The highest BCUT2D eigenvalue weighted by atomic mass is 16.1. The minimum atomic E-state index is 0.0143. The van der Waals surface area contributed by atoms with Crippen molar-refractivity contribution in [3.63, 3.8) is 0 Å². The summed E-state index contributed by atoms with van der Waals surface area (Å²) in [7, 11) is 0. The predicted octanol–water partition coefficient (Wildman–Crippen LogP) is 5.47. The summed E-state index contributed by atoms with van der Waals surface area (Å²) < 4.78 is 6.00. The van der Waals surface area contributed by atoms with Gasteiger partial charge in [0.15, 0.2) is 0 Å². The highest BCUT2D eigenvalue weighted by molar-refractivity contribution is 5.79. The Hall–Kier alpha value is -3.08. The standard InChI is InChI=1S/C25H30N4O/c1-6-19-11-12-21-20(15-19)26-24(27(21)14-13-17(2)3)16-28-22-9-7-8-10-23(22)29(18(4)5)25(28)30/h6-12,15,17-18H,1,13-14,16H2,2-5H3. The van der Waals surface area contributed by atoms with E-state index in [0.29, 0.717) is 12.5 Å². The molecule has 2 heterocycles. The third-order valence-electron chi connectivity index (χ3n) is 5.70. The van der Waals surface area contributed by atoms with E-state index in [9.17, 15) is 4.79 Å². The molecule has 4 rings (SSSR count). The van der Waals surface area contributed by atoms with E-state index in [1.165, 1.54) is 0 Å². The van der Waals surface area contributed by atoms with Gasteiger partial charge in [-0.1, -0.05) is 44.7 Å². The van der Waals surface area contributed by atoms with E-state index < -0.39 is 0 Å². The zero-order valence-electron chi connectivity index (χ0n) is 18.3. The van der Waals surface area contributed by atoms with Crippen molar-refractivity contribution in [2.24, 2.45) is 5.92 Å². The minimum absolute atomic E-state index is 0.0143. The second-order valence-electron chi connectivity index (χ2n) is 8.64. The van der Waals surface area contributed by atoms with Crippen LogP contribution >= 0.6 is 0 Å². The van der Waals surface area contributed by atoms with E-state index in [4.69, 9.17) is 4.98 Å². The lowest BCUT2D eigenvalue weighted by Crippen LogP contribution is -2.27. The molecule has 0 aliphatic carbocycles. The van der Waals surface area contributed by atoms with Crippen LogP contribution in [0.15, 0.2) is 53.8 Å². The van der Waals surface area contributed by atoms with Crippen LogP contribution in [0.4, 0.5) is 0 Å². The van der Waals surface area contributed by atoms with Crippen molar-refractivity contribution in [2.45, 2.75) is 53.2 Å². The molecule has 2 aromatic carbocycles. The first kappa shape index (κ1) is 20.2. The maximum atomic E-state index is 13.3. The smallest absolute Gasteiger partial charge is 0.326 e. The maximum Gasteiger partial charge on any atom is 0.329 e. The molecule has 30 heavy (non-hydrogen) atoms. The van der Waals surface area contributed by atoms with Gasteiger partial charge in [-0.2, -0.15) is 0 Å². The van der Waals surface area contributed by atoms with Gasteiger partial charge in [0.25, 0.3) is 0 Å². The van der Waals surface area contributed by atoms with Gasteiger partial charge in [0.2, 0.25) is 0 Å². The molecule has 0 N–H and O–H groups in total. The molecule has 0 spiro atoms. The molecular weight excluding hydrogens is 372 g/mol. The number of aromatic nitrogens is 4. The van der Waals surface area contributed by atoms with Crippen LogP contribution in [0.2, 0.25) is 0 Å². The third-order valence-corrected chi connectivity index (χ3v) is 5.70. The van der Waals surface area contributed by atoms with Crippen molar-refractivity contribution in [2.75, 3.05) is 0 Å². The summed E-state index contributed by atoms with van der Waals surface area (Å²) in [6.45, 7) is 13.8. The fourth-order valence-corrected chi connectivity index (χ4v) is 4.11. The molecule has 4 aromatic rings. The Morgan fingerprint density at radius 2 is 1.73 bits per heavy atom. The van der Waals surface area contributed by atoms with E-state index in [1.807, 2.05) is 53.3 Å². The number of imidazole rings is 2. The summed E-state index contributed by atoms with van der Waals surface area (Å²) in [6.07, 6.45) is 2.90. The van der Waals surface area contributed by atoms with Crippen molar-refractivity contribution < 1.29 is 0 Å². The summed E-state index contributed by atoms with van der Waals surface area (Å²) in [4.78, 5) is 18.2. The Balaban J connectivity index is 1.88. The SMILES string of the molecule is C=Cc1ccc2c(c1)nc(Cn1c(=O)n(C(C)C)c3ccccc31)n2CCC(C)C. The molecule has 0 saturated heterocycles. The van der Waals surface area contributed by atoms with Crippen LogP contribution in [0.1, 0.15) is 51.5 Å². The molecule has 0 fully saturated rings. The van der Waals surface area contributed by atoms with Crippen LogP contribution in [0.25, 0.3) is 28.1 Å². The van der Waals surface area contributed by atoms with Crippen LogP contribution < -0.4 is 5.69 Å². The van der Waals surface area contributed by atoms with Crippen LogP contribution in [-0.4, -0.2) is 18.7 Å². The van der Waals surface area contributed by atoms with Gasteiger partial charge in [-0.05, 0) is 56.0 Å². The fourth-order valence-electron chi connectivity index (χ4n) is 4.11. The average molecular weight is 403 g/mol. The first-order valence-corrected chi connectivity index (χ1v) is 10.7. The van der Waals surface area contributed by atoms with Crippen LogP contribution in [0, 0.1) is 5.92 Å². The number of para-hydroxylation sites is 2. The number of aryl methyl sites for hydroxylation is 1. The first-order valence-electron chi connectivity index (χ1n) is 10.7. The number of hydrogen-bond acceptors (Lipinski definition) is 2. The van der Waals surface area contributed by atoms with Crippen molar-refractivity contribution in [1.29, 1.82) is 0 Å². The zero-order chi connectivity index (χ0) is 21.4. The molecule has 0 aliphatic heterocycles.